The number of carbonyl (C=O) groups excluding carboxylic acids is 1. The van der Waals surface area contributed by atoms with E-state index in [0.717, 1.165) is 17.4 Å². The quantitative estimate of drug-likeness (QED) is 0.305. The van der Waals surface area contributed by atoms with Crippen molar-refractivity contribution in [2.24, 2.45) is 0 Å². The number of likely N-dealkylation sites (N-methyl/N-ethyl adjacent to an activating group) is 1. The molecule has 2 heterocycles. The molecule has 9 nitrogen and oxygen atoms in total. The number of carbonyl (C=O) groups is 1. The van der Waals surface area contributed by atoms with E-state index in [9.17, 15) is 21.6 Å². The molecule has 12 heteroatoms. The van der Waals surface area contributed by atoms with Crippen molar-refractivity contribution in [3.63, 3.8) is 0 Å². The van der Waals surface area contributed by atoms with Gasteiger partial charge in [-0.15, -0.1) is 0 Å². The number of rotatable bonds is 8. The lowest BCUT2D eigenvalue weighted by Gasteiger charge is -2.28. The Morgan fingerprint density at radius 1 is 0.925 bits per heavy atom. The number of sulfonamides is 1. The third kappa shape index (κ3) is 5.68. The summed E-state index contributed by atoms with van der Waals surface area (Å²) < 4.78 is 53.5. The minimum Gasteiger partial charge on any atom is -0.308 e. The molecule has 0 atom stereocenters. The van der Waals surface area contributed by atoms with Crippen LogP contribution in [0.4, 0.5) is 5.13 Å². The summed E-state index contributed by atoms with van der Waals surface area (Å²) in [7, 11) is -3.47. The minimum absolute atomic E-state index is 0.113. The van der Waals surface area contributed by atoms with Crippen molar-refractivity contribution in [1.82, 2.24) is 14.2 Å². The van der Waals surface area contributed by atoms with Gasteiger partial charge in [0.2, 0.25) is 10.0 Å². The van der Waals surface area contributed by atoms with Crippen molar-refractivity contribution in [1.29, 1.82) is 0 Å². The van der Waals surface area contributed by atoms with Gasteiger partial charge >= 0.3 is 0 Å². The summed E-state index contributed by atoms with van der Waals surface area (Å²) in [6.45, 7) is 1.56. The first-order chi connectivity index (χ1) is 18.9. The molecule has 4 aromatic rings. The fourth-order valence-electron chi connectivity index (χ4n) is 4.66. The molecule has 3 aromatic carbocycles. The van der Waals surface area contributed by atoms with Crippen molar-refractivity contribution in [3.05, 3.63) is 83.4 Å². The van der Waals surface area contributed by atoms with Gasteiger partial charge in [0.15, 0.2) is 15.0 Å². The first-order valence-electron chi connectivity index (χ1n) is 12.7. The van der Waals surface area contributed by atoms with Gasteiger partial charge in [-0.1, -0.05) is 41.7 Å². The third-order valence-electron chi connectivity index (χ3n) is 6.85. The van der Waals surface area contributed by atoms with E-state index in [1.165, 1.54) is 50.9 Å². The topological polar surface area (TPSA) is 108 Å². The SMILES string of the molecule is CN(C)CCN(C(=O)c1ccc(S(=O)(=O)N2CCc3ccccc3C2)cc1)c1nc2c(S(C)(=O)=O)cccc2s1. The summed E-state index contributed by atoms with van der Waals surface area (Å²) in [4.78, 5) is 22.0. The first-order valence-corrected chi connectivity index (χ1v) is 16.8. The van der Waals surface area contributed by atoms with Gasteiger partial charge in [-0.25, -0.2) is 21.8 Å². The molecule has 0 saturated heterocycles. The molecule has 1 aromatic heterocycles. The highest BCUT2D eigenvalue weighted by molar-refractivity contribution is 7.91. The number of sulfone groups is 1. The summed E-state index contributed by atoms with van der Waals surface area (Å²) in [6, 6.07) is 18.7. The average Bonchev–Trinajstić information content (AvgIpc) is 3.36. The molecule has 210 valence electrons. The summed E-state index contributed by atoms with van der Waals surface area (Å²) in [5, 5.41) is 0.377. The van der Waals surface area contributed by atoms with Gasteiger partial charge < -0.3 is 4.90 Å². The molecule has 0 fully saturated rings. The molecular weight excluding hydrogens is 569 g/mol. The van der Waals surface area contributed by atoms with Crippen molar-refractivity contribution in [2.75, 3.05) is 44.9 Å². The second kappa shape index (κ2) is 11.0. The standard InChI is InChI=1S/C28H30N4O5S3/c1-30(2)17-18-32(28-29-26-24(38-28)9-6-10-25(26)39(3,34)35)27(33)21-11-13-23(14-12-21)40(36,37)31-16-15-20-7-4-5-8-22(20)19-31/h4-14H,15-19H2,1-3H3. The van der Waals surface area contributed by atoms with Crippen LogP contribution in [0.25, 0.3) is 10.2 Å². The van der Waals surface area contributed by atoms with Gasteiger partial charge in [-0.05, 0) is 68.0 Å². The van der Waals surface area contributed by atoms with Crippen molar-refractivity contribution in [2.45, 2.75) is 22.8 Å². The molecule has 1 amide bonds. The molecule has 1 aliphatic rings. The Bertz CT molecular complexity index is 1780. The molecule has 40 heavy (non-hydrogen) atoms. The zero-order valence-corrected chi connectivity index (χ0v) is 24.9. The van der Waals surface area contributed by atoms with E-state index in [1.54, 1.807) is 12.1 Å². The second-order valence-corrected chi connectivity index (χ2v) is 14.9. The third-order valence-corrected chi connectivity index (χ3v) is 10.9. The van der Waals surface area contributed by atoms with Crippen LogP contribution in [0.15, 0.2) is 76.5 Å². The van der Waals surface area contributed by atoms with Crippen LogP contribution in [0.5, 0.6) is 0 Å². The van der Waals surface area contributed by atoms with Gasteiger partial charge in [0.05, 0.1) is 14.5 Å². The number of para-hydroxylation sites is 1. The largest absolute Gasteiger partial charge is 0.308 e. The molecule has 1 aliphatic heterocycles. The van der Waals surface area contributed by atoms with Crippen LogP contribution in [0.2, 0.25) is 0 Å². The lowest BCUT2D eigenvalue weighted by Crippen LogP contribution is -2.37. The summed E-state index contributed by atoms with van der Waals surface area (Å²) in [5.74, 6) is -0.349. The Labute approximate surface area is 238 Å². The molecule has 0 bridgehead atoms. The maximum Gasteiger partial charge on any atom is 0.260 e. The lowest BCUT2D eigenvalue weighted by atomic mass is 10.0. The van der Waals surface area contributed by atoms with Crippen LogP contribution >= 0.6 is 11.3 Å². The first kappa shape index (κ1) is 28.4. The van der Waals surface area contributed by atoms with Gasteiger partial charge in [0.1, 0.15) is 5.52 Å². The Balaban J connectivity index is 1.44. The highest BCUT2D eigenvalue weighted by Crippen LogP contribution is 2.33. The zero-order valence-electron chi connectivity index (χ0n) is 22.4. The number of amides is 1. The monoisotopic (exact) mass is 598 g/mol. The van der Waals surface area contributed by atoms with Crippen molar-refractivity contribution < 1.29 is 21.6 Å². The highest BCUT2D eigenvalue weighted by atomic mass is 32.2. The lowest BCUT2D eigenvalue weighted by molar-refractivity contribution is 0.0985. The van der Waals surface area contributed by atoms with Gasteiger partial charge in [0.25, 0.3) is 5.91 Å². The molecule has 0 spiro atoms. The summed E-state index contributed by atoms with van der Waals surface area (Å²) >= 11 is 1.24. The number of thiazole rings is 1. The number of hydrogen-bond acceptors (Lipinski definition) is 8. The van der Waals surface area contributed by atoms with Crippen LogP contribution in [0.3, 0.4) is 0 Å². The number of aromatic nitrogens is 1. The zero-order chi connectivity index (χ0) is 28.7. The maximum absolute atomic E-state index is 13.7. The van der Waals surface area contributed by atoms with Crippen LogP contribution < -0.4 is 4.90 Å². The minimum atomic E-state index is -3.74. The summed E-state index contributed by atoms with van der Waals surface area (Å²) in [5.41, 5.74) is 2.79. The van der Waals surface area contributed by atoms with E-state index >= 15 is 0 Å². The van der Waals surface area contributed by atoms with Crippen molar-refractivity contribution in [3.8, 4) is 0 Å². The predicted molar refractivity (Wildman–Crippen MR) is 157 cm³/mol. The number of hydrogen-bond donors (Lipinski definition) is 0. The fraction of sp³-hybridized carbons (Fsp3) is 0.286. The van der Waals surface area contributed by atoms with E-state index in [2.05, 4.69) is 4.98 Å². The van der Waals surface area contributed by atoms with E-state index in [1.807, 2.05) is 43.3 Å². The number of anilines is 1. The van der Waals surface area contributed by atoms with Crippen LogP contribution in [-0.4, -0.2) is 76.9 Å². The average molecular weight is 599 g/mol. The Hall–Kier alpha value is -3.16. The van der Waals surface area contributed by atoms with E-state index in [-0.39, 0.29) is 15.7 Å². The predicted octanol–water partition coefficient (Wildman–Crippen LogP) is 3.66. The van der Waals surface area contributed by atoms with Gasteiger partial charge in [0, 0.05) is 38.0 Å². The fourth-order valence-corrected chi connectivity index (χ4v) is 7.99. The Morgan fingerprint density at radius 3 is 2.30 bits per heavy atom. The van der Waals surface area contributed by atoms with Crippen LogP contribution in [0.1, 0.15) is 21.5 Å². The van der Waals surface area contributed by atoms with Crippen molar-refractivity contribution >= 4 is 52.5 Å². The van der Waals surface area contributed by atoms with Crippen LogP contribution in [0, 0.1) is 0 Å². The molecule has 0 unspecified atom stereocenters. The molecule has 5 rings (SSSR count). The maximum atomic E-state index is 13.7. The smallest absolute Gasteiger partial charge is 0.260 e. The highest BCUT2D eigenvalue weighted by Gasteiger charge is 2.29. The van der Waals surface area contributed by atoms with E-state index in [0.29, 0.717) is 53.5 Å². The number of nitrogens with zero attached hydrogens (tertiary/aromatic N) is 4. The molecule has 0 saturated carbocycles. The molecule has 0 N–H and O–H groups in total. The van der Waals surface area contributed by atoms with E-state index < -0.39 is 19.9 Å². The van der Waals surface area contributed by atoms with Gasteiger partial charge in [-0.3, -0.25) is 9.69 Å². The molecule has 0 aliphatic carbocycles. The van der Waals surface area contributed by atoms with Gasteiger partial charge in [-0.2, -0.15) is 4.31 Å². The molecular formula is C28H30N4O5S3. The second-order valence-electron chi connectivity index (χ2n) is 10.0. The normalized spacial score (nSPS) is 14.4. The summed E-state index contributed by atoms with van der Waals surface area (Å²) in [6.07, 6.45) is 1.78. The van der Waals surface area contributed by atoms with Crippen LogP contribution in [-0.2, 0) is 32.8 Å². The number of benzene rings is 3. The Kier molecular flexibility index (Phi) is 7.81. The number of fused-ring (bicyclic) bond motifs is 2. The Morgan fingerprint density at radius 2 is 1.62 bits per heavy atom. The van der Waals surface area contributed by atoms with E-state index in [4.69, 9.17) is 0 Å². The molecule has 0 radical (unpaired) electrons.